The third-order valence-corrected chi connectivity index (χ3v) is 7.09. The summed E-state index contributed by atoms with van der Waals surface area (Å²) in [6.07, 6.45) is 2.37. The van der Waals surface area contributed by atoms with Crippen LogP contribution in [0.2, 0.25) is 0 Å². The predicted octanol–water partition coefficient (Wildman–Crippen LogP) is 2.14. The van der Waals surface area contributed by atoms with Gasteiger partial charge in [-0.15, -0.1) is 0 Å². The van der Waals surface area contributed by atoms with Crippen LogP contribution in [0.4, 0.5) is 10.1 Å². The van der Waals surface area contributed by atoms with Crippen molar-refractivity contribution < 1.29 is 23.6 Å². The molecule has 2 fully saturated rings. The van der Waals surface area contributed by atoms with Crippen LogP contribution in [0.5, 0.6) is 0 Å². The molecule has 8 nitrogen and oxygen atoms in total. The van der Waals surface area contributed by atoms with Gasteiger partial charge in [-0.05, 0) is 42.7 Å². The van der Waals surface area contributed by atoms with Crippen LogP contribution < -0.4 is 4.90 Å². The number of nitrogens with zero attached hydrogens (tertiary/aromatic N) is 4. The highest BCUT2D eigenvalue weighted by molar-refractivity contribution is 6.23. The number of carbonyl (C=O) groups is 4. The zero-order valence-electron chi connectivity index (χ0n) is 19.4. The predicted molar refractivity (Wildman–Crippen MR) is 126 cm³/mol. The molecule has 0 radical (unpaired) electrons. The molecule has 2 saturated heterocycles. The molecular weight excluding hydrogens is 451 g/mol. The van der Waals surface area contributed by atoms with Crippen molar-refractivity contribution in [2.75, 3.05) is 44.2 Å². The van der Waals surface area contributed by atoms with Crippen LogP contribution in [0.3, 0.4) is 0 Å². The van der Waals surface area contributed by atoms with E-state index in [4.69, 9.17) is 0 Å². The van der Waals surface area contributed by atoms with E-state index in [1.54, 1.807) is 29.2 Å². The monoisotopic (exact) mass is 478 g/mol. The number of rotatable bonds is 5. The van der Waals surface area contributed by atoms with E-state index < -0.39 is 17.6 Å². The van der Waals surface area contributed by atoms with E-state index in [2.05, 4.69) is 0 Å². The van der Waals surface area contributed by atoms with Crippen molar-refractivity contribution >= 4 is 29.8 Å². The summed E-state index contributed by atoms with van der Waals surface area (Å²) in [6.45, 7) is 3.27. The molecule has 3 heterocycles. The van der Waals surface area contributed by atoms with Crippen molar-refractivity contribution in [2.45, 2.75) is 19.4 Å². The van der Waals surface area contributed by atoms with Gasteiger partial charge in [0.1, 0.15) is 5.82 Å². The van der Waals surface area contributed by atoms with Gasteiger partial charge < -0.3 is 14.7 Å². The minimum absolute atomic E-state index is 0.00256. The highest BCUT2D eigenvalue weighted by Crippen LogP contribution is 2.35. The lowest BCUT2D eigenvalue weighted by Gasteiger charge is -2.39. The number of piperazine rings is 1. The maximum atomic E-state index is 13.6. The molecule has 2 aromatic rings. The number of carbonyl (C=O) groups excluding carboxylic acids is 4. The van der Waals surface area contributed by atoms with Gasteiger partial charge in [0.25, 0.3) is 11.8 Å². The molecule has 5 rings (SSSR count). The van der Waals surface area contributed by atoms with E-state index in [0.717, 1.165) is 24.2 Å². The molecular formula is C26H27FN4O4. The van der Waals surface area contributed by atoms with Crippen LogP contribution in [0.1, 0.15) is 39.1 Å². The standard InChI is InChI=1S/C26H27FN4O4/c27-20-6-1-4-18(14-20)15-31-25(34)21-7-2-8-22(23(21)26(31)35)30-9-3-5-19(16-30)24(33)29-12-10-28(17-32)11-13-29/h1-2,4,6-8,14,17,19H,3,5,9-13,15-16H2. The van der Waals surface area contributed by atoms with Gasteiger partial charge in [-0.2, -0.15) is 0 Å². The van der Waals surface area contributed by atoms with Gasteiger partial charge in [0.05, 0.1) is 29.3 Å². The highest BCUT2D eigenvalue weighted by atomic mass is 19.1. The molecule has 0 spiro atoms. The lowest BCUT2D eigenvalue weighted by Crippen LogP contribution is -2.52. The first kappa shape index (κ1) is 23.0. The first-order chi connectivity index (χ1) is 17.0. The summed E-state index contributed by atoms with van der Waals surface area (Å²) in [5, 5.41) is 0. The second kappa shape index (κ2) is 9.48. The number of anilines is 1. The first-order valence-electron chi connectivity index (χ1n) is 11.9. The summed E-state index contributed by atoms with van der Waals surface area (Å²) in [5.74, 6) is -1.35. The van der Waals surface area contributed by atoms with Crippen molar-refractivity contribution in [3.63, 3.8) is 0 Å². The Morgan fingerprint density at radius 3 is 2.51 bits per heavy atom. The maximum Gasteiger partial charge on any atom is 0.263 e. The summed E-state index contributed by atoms with van der Waals surface area (Å²) >= 11 is 0. The van der Waals surface area contributed by atoms with Crippen LogP contribution in [0.15, 0.2) is 42.5 Å². The third-order valence-electron chi connectivity index (χ3n) is 7.09. The Morgan fingerprint density at radius 1 is 1.00 bits per heavy atom. The molecule has 2 aromatic carbocycles. The number of amides is 4. The number of fused-ring (bicyclic) bond motifs is 1. The minimum Gasteiger partial charge on any atom is -0.370 e. The molecule has 3 aliphatic heterocycles. The Bertz CT molecular complexity index is 1180. The summed E-state index contributed by atoms with van der Waals surface area (Å²) in [4.78, 5) is 57.3. The fraction of sp³-hybridized carbons (Fsp3) is 0.385. The van der Waals surface area contributed by atoms with Crippen LogP contribution in [-0.4, -0.2) is 78.1 Å². The van der Waals surface area contributed by atoms with Crippen LogP contribution >= 0.6 is 0 Å². The van der Waals surface area contributed by atoms with Gasteiger partial charge in [0, 0.05) is 39.3 Å². The average Bonchev–Trinajstić information content (AvgIpc) is 3.13. The van der Waals surface area contributed by atoms with Gasteiger partial charge in [0.2, 0.25) is 12.3 Å². The normalized spacial score (nSPS) is 20.3. The van der Waals surface area contributed by atoms with Crippen molar-refractivity contribution in [3.05, 3.63) is 65.0 Å². The van der Waals surface area contributed by atoms with E-state index in [-0.39, 0.29) is 18.4 Å². The Hall–Kier alpha value is -3.75. The zero-order chi connectivity index (χ0) is 24.5. The second-order valence-electron chi connectivity index (χ2n) is 9.28. The zero-order valence-corrected chi connectivity index (χ0v) is 19.4. The quantitative estimate of drug-likeness (QED) is 0.486. The Balaban J connectivity index is 1.34. The van der Waals surface area contributed by atoms with E-state index in [0.29, 0.717) is 61.6 Å². The van der Waals surface area contributed by atoms with Crippen LogP contribution in [0, 0.1) is 11.7 Å². The maximum absolute atomic E-state index is 13.6. The fourth-order valence-electron chi connectivity index (χ4n) is 5.24. The molecule has 0 saturated carbocycles. The Labute approximate surface area is 202 Å². The molecule has 9 heteroatoms. The summed E-state index contributed by atoms with van der Waals surface area (Å²) in [5.41, 5.74) is 1.88. The van der Waals surface area contributed by atoms with Crippen molar-refractivity contribution in [1.29, 1.82) is 0 Å². The molecule has 1 atom stereocenters. The number of benzene rings is 2. The number of halogens is 1. The third kappa shape index (κ3) is 4.38. The van der Waals surface area contributed by atoms with Gasteiger partial charge >= 0.3 is 0 Å². The largest absolute Gasteiger partial charge is 0.370 e. The van der Waals surface area contributed by atoms with Crippen LogP contribution in [0.25, 0.3) is 0 Å². The molecule has 0 aliphatic carbocycles. The molecule has 0 N–H and O–H groups in total. The lowest BCUT2D eigenvalue weighted by atomic mass is 9.94. The van der Waals surface area contributed by atoms with E-state index in [1.807, 2.05) is 15.9 Å². The first-order valence-corrected chi connectivity index (χ1v) is 11.9. The smallest absolute Gasteiger partial charge is 0.263 e. The Kier molecular flexibility index (Phi) is 6.23. The lowest BCUT2D eigenvalue weighted by molar-refractivity contribution is -0.139. The average molecular weight is 479 g/mol. The SMILES string of the molecule is O=CN1CCN(C(=O)C2CCCN(c3cccc4c3C(=O)N(Cc3cccc(F)c3)C4=O)C2)CC1. The van der Waals surface area contributed by atoms with E-state index in [1.165, 1.54) is 12.1 Å². The van der Waals surface area contributed by atoms with Gasteiger partial charge in [-0.3, -0.25) is 24.1 Å². The Morgan fingerprint density at radius 2 is 1.77 bits per heavy atom. The number of imide groups is 1. The number of piperidine rings is 1. The summed E-state index contributed by atoms with van der Waals surface area (Å²) in [7, 11) is 0. The van der Waals surface area contributed by atoms with Crippen molar-refractivity contribution in [2.24, 2.45) is 5.92 Å². The van der Waals surface area contributed by atoms with Gasteiger partial charge in [0.15, 0.2) is 0 Å². The van der Waals surface area contributed by atoms with E-state index >= 15 is 0 Å². The minimum atomic E-state index is -0.420. The van der Waals surface area contributed by atoms with Crippen LogP contribution in [-0.2, 0) is 16.1 Å². The number of hydrogen-bond acceptors (Lipinski definition) is 5. The summed E-state index contributed by atoms with van der Waals surface area (Å²) < 4.78 is 13.6. The molecule has 4 amide bonds. The molecule has 35 heavy (non-hydrogen) atoms. The topological polar surface area (TPSA) is 81.2 Å². The molecule has 1 unspecified atom stereocenters. The molecule has 3 aliphatic rings. The fourth-order valence-corrected chi connectivity index (χ4v) is 5.24. The molecule has 182 valence electrons. The number of hydrogen-bond donors (Lipinski definition) is 0. The summed E-state index contributed by atoms with van der Waals surface area (Å²) in [6, 6.07) is 11.1. The highest BCUT2D eigenvalue weighted by Gasteiger charge is 2.40. The van der Waals surface area contributed by atoms with E-state index in [9.17, 15) is 23.6 Å². The molecule has 0 aromatic heterocycles. The molecule has 0 bridgehead atoms. The van der Waals surface area contributed by atoms with Gasteiger partial charge in [-0.25, -0.2) is 4.39 Å². The second-order valence-corrected chi connectivity index (χ2v) is 9.28. The van der Waals surface area contributed by atoms with Crippen molar-refractivity contribution in [3.8, 4) is 0 Å². The van der Waals surface area contributed by atoms with Crippen molar-refractivity contribution in [1.82, 2.24) is 14.7 Å². The van der Waals surface area contributed by atoms with Gasteiger partial charge in [-0.1, -0.05) is 18.2 Å².